The number of nitrogens with zero attached hydrogens (tertiary/aromatic N) is 2. The summed E-state index contributed by atoms with van der Waals surface area (Å²) in [4.78, 5) is 1.98. The molecule has 0 saturated heterocycles. The summed E-state index contributed by atoms with van der Waals surface area (Å²) >= 11 is 5.78. The van der Waals surface area contributed by atoms with Gasteiger partial charge in [-0.15, -0.1) is 11.6 Å². The third-order valence-electron chi connectivity index (χ3n) is 2.66. The topological polar surface area (TPSA) is 27.0 Å². The molecule has 0 aliphatic carbocycles. The minimum Gasteiger partial charge on any atom is -0.370 e. The Balaban J connectivity index is 3.04. The van der Waals surface area contributed by atoms with E-state index < -0.39 is 0 Å². The minimum absolute atomic E-state index is 0.0959. The monoisotopic (exact) mass is 254 g/mol. The normalized spacial score (nSPS) is 11.9. The SMILES string of the molecule is CCN(CC(C)C#N)c1cccc(F)c1CCl. The molecule has 1 unspecified atom stereocenters. The Morgan fingerprint density at radius 3 is 2.76 bits per heavy atom. The van der Waals surface area contributed by atoms with Crippen LogP contribution in [0.4, 0.5) is 10.1 Å². The Labute approximate surface area is 107 Å². The number of halogens is 2. The Morgan fingerprint density at radius 1 is 1.53 bits per heavy atom. The van der Waals surface area contributed by atoms with Crippen LogP contribution in [0.3, 0.4) is 0 Å². The fourth-order valence-corrected chi connectivity index (χ4v) is 2.01. The van der Waals surface area contributed by atoms with Crippen LogP contribution in [0.25, 0.3) is 0 Å². The molecule has 1 aromatic rings. The smallest absolute Gasteiger partial charge is 0.129 e. The molecule has 92 valence electrons. The van der Waals surface area contributed by atoms with E-state index in [1.807, 2.05) is 24.8 Å². The summed E-state index contributed by atoms with van der Waals surface area (Å²) in [6.07, 6.45) is 0. The molecule has 1 aromatic carbocycles. The third-order valence-corrected chi connectivity index (χ3v) is 2.93. The lowest BCUT2D eigenvalue weighted by Crippen LogP contribution is -2.28. The summed E-state index contributed by atoms with van der Waals surface area (Å²) in [5, 5.41) is 8.83. The number of benzene rings is 1. The van der Waals surface area contributed by atoms with Crippen molar-refractivity contribution in [1.82, 2.24) is 0 Å². The van der Waals surface area contributed by atoms with Crippen molar-refractivity contribution in [3.05, 3.63) is 29.6 Å². The van der Waals surface area contributed by atoms with Crippen molar-refractivity contribution in [2.75, 3.05) is 18.0 Å². The Kier molecular flexibility index (Phi) is 5.24. The zero-order chi connectivity index (χ0) is 12.8. The number of hydrogen-bond donors (Lipinski definition) is 0. The molecule has 1 atom stereocenters. The number of nitriles is 1. The highest BCUT2D eigenvalue weighted by molar-refractivity contribution is 6.17. The van der Waals surface area contributed by atoms with Crippen molar-refractivity contribution in [3.63, 3.8) is 0 Å². The Bertz CT molecular complexity index is 414. The maximum atomic E-state index is 13.6. The number of rotatable bonds is 5. The predicted octanol–water partition coefficient (Wildman–Crippen LogP) is 3.55. The summed E-state index contributed by atoms with van der Waals surface area (Å²) in [5.41, 5.74) is 1.28. The molecule has 1 rings (SSSR count). The van der Waals surface area contributed by atoms with Crippen molar-refractivity contribution in [2.24, 2.45) is 5.92 Å². The second-order valence-corrected chi connectivity index (χ2v) is 4.21. The first-order chi connectivity index (χ1) is 8.13. The first-order valence-corrected chi connectivity index (χ1v) is 6.15. The van der Waals surface area contributed by atoms with E-state index in [1.165, 1.54) is 6.07 Å². The van der Waals surface area contributed by atoms with Crippen LogP contribution in [0, 0.1) is 23.1 Å². The lowest BCUT2D eigenvalue weighted by Gasteiger charge is -2.26. The fourth-order valence-electron chi connectivity index (χ4n) is 1.75. The molecule has 0 spiro atoms. The van der Waals surface area contributed by atoms with Crippen molar-refractivity contribution < 1.29 is 4.39 Å². The van der Waals surface area contributed by atoms with Gasteiger partial charge in [0.2, 0.25) is 0 Å². The summed E-state index contributed by atoms with van der Waals surface area (Å²) < 4.78 is 13.6. The molecule has 0 aliphatic heterocycles. The van der Waals surface area contributed by atoms with Gasteiger partial charge in [0.15, 0.2) is 0 Å². The van der Waals surface area contributed by atoms with Gasteiger partial charge in [-0.25, -0.2) is 4.39 Å². The standard InChI is InChI=1S/C13H16ClFN2/c1-3-17(9-10(2)8-16)13-6-4-5-12(15)11(13)7-14/h4-6,10H,3,7,9H2,1-2H3. The van der Waals surface area contributed by atoms with Crippen molar-refractivity contribution in [2.45, 2.75) is 19.7 Å². The Morgan fingerprint density at radius 2 is 2.24 bits per heavy atom. The highest BCUT2D eigenvalue weighted by atomic mass is 35.5. The minimum atomic E-state index is -0.291. The van der Waals surface area contributed by atoms with Crippen LogP contribution >= 0.6 is 11.6 Å². The van der Waals surface area contributed by atoms with E-state index in [0.717, 1.165) is 12.2 Å². The van der Waals surface area contributed by atoms with Crippen molar-refractivity contribution in [1.29, 1.82) is 5.26 Å². The average molecular weight is 255 g/mol. The zero-order valence-electron chi connectivity index (χ0n) is 10.1. The van der Waals surface area contributed by atoms with Crippen LogP contribution in [0.1, 0.15) is 19.4 Å². The summed E-state index contributed by atoms with van der Waals surface area (Å²) in [6.45, 7) is 5.13. The van der Waals surface area contributed by atoms with E-state index in [1.54, 1.807) is 6.07 Å². The molecule has 0 aromatic heterocycles. The van der Waals surface area contributed by atoms with Gasteiger partial charge in [-0.2, -0.15) is 5.26 Å². The van der Waals surface area contributed by atoms with Gasteiger partial charge in [0, 0.05) is 24.3 Å². The van der Waals surface area contributed by atoms with Crippen LogP contribution in [0.2, 0.25) is 0 Å². The maximum Gasteiger partial charge on any atom is 0.129 e. The van der Waals surface area contributed by atoms with E-state index in [0.29, 0.717) is 12.1 Å². The van der Waals surface area contributed by atoms with Crippen LogP contribution in [0.5, 0.6) is 0 Å². The van der Waals surface area contributed by atoms with Gasteiger partial charge < -0.3 is 4.90 Å². The number of hydrogen-bond acceptors (Lipinski definition) is 2. The van der Waals surface area contributed by atoms with Crippen LogP contribution in [0.15, 0.2) is 18.2 Å². The molecule has 0 saturated carbocycles. The summed E-state index contributed by atoms with van der Waals surface area (Å²) in [6, 6.07) is 7.10. The molecule has 4 heteroatoms. The molecule has 0 amide bonds. The zero-order valence-corrected chi connectivity index (χ0v) is 10.8. The maximum absolute atomic E-state index is 13.6. The van der Waals surface area contributed by atoms with E-state index in [4.69, 9.17) is 16.9 Å². The quantitative estimate of drug-likeness (QED) is 0.752. The molecule has 0 bridgehead atoms. The van der Waals surface area contributed by atoms with Gasteiger partial charge in [0.1, 0.15) is 5.82 Å². The van der Waals surface area contributed by atoms with E-state index >= 15 is 0 Å². The van der Waals surface area contributed by atoms with Gasteiger partial charge in [-0.1, -0.05) is 6.07 Å². The predicted molar refractivity (Wildman–Crippen MR) is 68.6 cm³/mol. The third kappa shape index (κ3) is 3.34. The van der Waals surface area contributed by atoms with Crippen molar-refractivity contribution >= 4 is 17.3 Å². The van der Waals surface area contributed by atoms with Gasteiger partial charge >= 0.3 is 0 Å². The molecule has 0 heterocycles. The van der Waals surface area contributed by atoms with Gasteiger partial charge in [-0.05, 0) is 26.0 Å². The summed E-state index contributed by atoms with van der Waals surface area (Å²) in [5.74, 6) is -0.249. The molecule has 0 fully saturated rings. The Hall–Kier alpha value is -1.27. The second-order valence-electron chi connectivity index (χ2n) is 3.94. The van der Waals surface area contributed by atoms with E-state index in [-0.39, 0.29) is 17.6 Å². The largest absolute Gasteiger partial charge is 0.370 e. The first kappa shape index (κ1) is 13.8. The van der Waals surface area contributed by atoms with Gasteiger partial charge in [0.25, 0.3) is 0 Å². The molecule has 0 N–H and O–H groups in total. The van der Waals surface area contributed by atoms with E-state index in [9.17, 15) is 4.39 Å². The average Bonchev–Trinajstić information content (AvgIpc) is 2.35. The van der Waals surface area contributed by atoms with Crippen LogP contribution < -0.4 is 4.90 Å². The molecule has 0 radical (unpaired) electrons. The number of anilines is 1. The highest BCUT2D eigenvalue weighted by Gasteiger charge is 2.14. The van der Waals surface area contributed by atoms with Gasteiger partial charge in [-0.3, -0.25) is 0 Å². The molecule has 0 aliphatic rings. The lowest BCUT2D eigenvalue weighted by atomic mass is 10.1. The molecular weight excluding hydrogens is 239 g/mol. The molecule has 17 heavy (non-hydrogen) atoms. The fraction of sp³-hybridized carbons (Fsp3) is 0.462. The van der Waals surface area contributed by atoms with Crippen molar-refractivity contribution in [3.8, 4) is 6.07 Å². The highest BCUT2D eigenvalue weighted by Crippen LogP contribution is 2.25. The first-order valence-electron chi connectivity index (χ1n) is 5.61. The number of alkyl halides is 1. The van der Waals surface area contributed by atoms with Crippen LogP contribution in [-0.4, -0.2) is 13.1 Å². The lowest BCUT2D eigenvalue weighted by molar-refractivity contribution is 0.612. The summed E-state index contributed by atoms with van der Waals surface area (Å²) in [7, 11) is 0. The molecular formula is C13H16ClFN2. The van der Waals surface area contributed by atoms with Gasteiger partial charge in [0.05, 0.1) is 17.9 Å². The molecule has 2 nitrogen and oxygen atoms in total. The van der Waals surface area contributed by atoms with Crippen LogP contribution in [-0.2, 0) is 5.88 Å². The second kappa shape index (κ2) is 6.46. The van der Waals surface area contributed by atoms with E-state index in [2.05, 4.69) is 6.07 Å².